The molecule has 4 aliphatic rings. The molecule has 4 rings (SSSR count). The molecule has 0 aromatic heterocycles. The third kappa shape index (κ3) is 6.18. The fraction of sp³-hybridized carbons (Fsp3) is 0.900. The predicted molar refractivity (Wildman–Crippen MR) is 153 cm³/mol. The number of methoxy groups -OCH3 is 1. The maximum absolute atomic E-state index is 14.0. The Balaban J connectivity index is 1.73. The van der Waals surface area contributed by atoms with E-state index in [1.165, 1.54) is 6.92 Å². The highest BCUT2D eigenvalue weighted by Crippen LogP contribution is 2.47. The first kappa shape index (κ1) is 34.0. The molecule has 246 valence electrons. The van der Waals surface area contributed by atoms with E-state index in [9.17, 15) is 19.5 Å². The summed E-state index contributed by atoms with van der Waals surface area (Å²) in [7, 11) is 5.32. The average molecular weight is 614 g/mol. The fourth-order valence-corrected chi connectivity index (χ4v) is 7.45. The number of ether oxygens (including phenoxy) is 6. The minimum absolute atomic E-state index is 0.134. The Labute approximate surface area is 254 Å². The molecule has 0 aromatic carbocycles. The second kappa shape index (κ2) is 12.5. The van der Waals surface area contributed by atoms with Crippen molar-refractivity contribution in [3.8, 4) is 0 Å². The zero-order valence-corrected chi connectivity index (χ0v) is 27.1. The lowest BCUT2D eigenvalue weighted by Gasteiger charge is -2.46. The van der Waals surface area contributed by atoms with Gasteiger partial charge in [0.25, 0.3) is 0 Å². The molecule has 4 aliphatic heterocycles. The Bertz CT molecular complexity index is 1060. The smallest absolute Gasteiger partial charge is 0.425 e. The molecule has 0 unspecified atom stereocenters. The van der Waals surface area contributed by atoms with Crippen LogP contribution in [0.5, 0.6) is 0 Å². The molecule has 0 aromatic rings. The van der Waals surface area contributed by atoms with Gasteiger partial charge in [-0.1, -0.05) is 20.8 Å². The summed E-state index contributed by atoms with van der Waals surface area (Å²) in [5.41, 5.74) is -2.37. The van der Waals surface area contributed by atoms with E-state index in [4.69, 9.17) is 34.3 Å². The van der Waals surface area contributed by atoms with Gasteiger partial charge in [-0.15, -0.1) is 0 Å². The molecule has 14 atom stereocenters. The van der Waals surface area contributed by atoms with Gasteiger partial charge in [-0.2, -0.15) is 0 Å². The number of rotatable bonds is 5. The van der Waals surface area contributed by atoms with Crippen LogP contribution in [0.2, 0.25) is 0 Å². The number of epoxide rings is 1. The van der Waals surface area contributed by atoms with Gasteiger partial charge < -0.3 is 38.4 Å². The predicted octanol–water partition coefficient (Wildman–Crippen LogP) is 1.63. The summed E-state index contributed by atoms with van der Waals surface area (Å²) in [5, 5.41) is 12.3. The monoisotopic (exact) mass is 613 g/mol. The van der Waals surface area contributed by atoms with E-state index < -0.39 is 77.6 Å². The first-order valence-corrected chi connectivity index (χ1v) is 15.4. The number of esters is 1. The van der Waals surface area contributed by atoms with Gasteiger partial charge in [0.05, 0.1) is 23.9 Å². The normalized spacial score (nSPS) is 47.8. The Morgan fingerprint density at radius 3 is 2.33 bits per heavy atom. The van der Waals surface area contributed by atoms with Gasteiger partial charge in [0.2, 0.25) is 0 Å². The molecule has 3 N–H and O–H groups in total. The van der Waals surface area contributed by atoms with Gasteiger partial charge in [-0.25, -0.2) is 15.6 Å². The van der Waals surface area contributed by atoms with E-state index in [1.54, 1.807) is 21.0 Å². The number of ketones is 1. The number of nitrogens with zero attached hydrogens (tertiary/aromatic N) is 2. The maximum Gasteiger partial charge on any atom is 0.425 e. The van der Waals surface area contributed by atoms with Crippen LogP contribution in [0, 0.1) is 17.8 Å². The number of aliphatic hydroxyl groups excluding tert-OH is 1. The van der Waals surface area contributed by atoms with Crippen LogP contribution in [0.4, 0.5) is 4.79 Å². The minimum atomic E-state index is -1.29. The Morgan fingerprint density at radius 1 is 1.09 bits per heavy atom. The van der Waals surface area contributed by atoms with E-state index in [0.717, 1.165) is 5.01 Å². The second-order valence-corrected chi connectivity index (χ2v) is 13.5. The average Bonchev–Trinajstić information content (AvgIpc) is 3.69. The molecule has 0 aliphatic carbocycles. The molecular formula is C30H51N3O10. The van der Waals surface area contributed by atoms with Crippen molar-refractivity contribution in [2.24, 2.45) is 23.6 Å². The number of fused-ring (bicyclic) bond motifs is 3. The summed E-state index contributed by atoms with van der Waals surface area (Å²) < 4.78 is 36.5. The van der Waals surface area contributed by atoms with Crippen LogP contribution in [0.3, 0.4) is 0 Å². The zero-order chi connectivity index (χ0) is 32.2. The largest absolute Gasteiger partial charge is 0.457 e. The number of nitrogens with two attached hydrogens (primary N) is 1. The van der Waals surface area contributed by atoms with Crippen LogP contribution in [0.25, 0.3) is 0 Å². The van der Waals surface area contributed by atoms with E-state index >= 15 is 0 Å². The van der Waals surface area contributed by atoms with Crippen molar-refractivity contribution in [3.63, 3.8) is 0 Å². The molecule has 43 heavy (non-hydrogen) atoms. The molecule has 0 spiro atoms. The zero-order valence-electron chi connectivity index (χ0n) is 27.1. The number of cyclic esters (lactones) is 1. The molecule has 4 heterocycles. The van der Waals surface area contributed by atoms with E-state index in [0.29, 0.717) is 19.3 Å². The fourth-order valence-electron chi connectivity index (χ4n) is 7.45. The first-order valence-electron chi connectivity index (χ1n) is 15.4. The Kier molecular flexibility index (Phi) is 9.88. The highest BCUT2D eigenvalue weighted by molar-refractivity contribution is 6.00. The van der Waals surface area contributed by atoms with Gasteiger partial charge in [-0.3, -0.25) is 9.59 Å². The van der Waals surface area contributed by atoms with Gasteiger partial charge in [0, 0.05) is 19.1 Å². The summed E-state index contributed by atoms with van der Waals surface area (Å²) >= 11 is 0. The van der Waals surface area contributed by atoms with Crippen molar-refractivity contribution in [1.29, 1.82) is 0 Å². The quantitative estimate of drug-likeness (QED) is 0.152. The van der Waals surface area contributed by atoms with E-state index in [2.05, 4.69) is 0 Å². The number of hydrogen-bond donors (Lipinski definition) is 2. The molecule has 0 radical (unpaired) electrons. The summed E-state index contributed by atoms with van der Waals surface area (Å²) in [5.74, 6) is 2.89. The lowest BCUT2D eigenvalue weighted by atomic mass is 9.76. The SMILES string of the molecule is CC[C@H]1OC(=O)[C@H](C)C(=O)[C@H](C)[C@@H](O[C@@H]2O[C@H](C)C[C@H](N(C)C)[C@H]2O)[C@](C)(OC)C[C@@H](C)[C@@H]2O[C@@H]2[C@H]2N(N)C(=O)O[C@]12C. The number of carbonyl (C=O) groups is 3. The topological polar surface area (TPSA) is 163 Å². The third-order valence-electron chi connectivity index (χ3n) is 10.1. The minimum Gasteiger partial charge on any atom is -0.457 e. The molecule has 13 nitrogen and oxygen atoms in total. The molecule has 0 saturated carbocycles. The summed E-state index contributed by atoms with van der Waals surface area (Å²) in [6.45, 7) is 12.5. The first-order chi connectivity index (χ1) is 20.0. The number of hydrazine groups is 1. The number of hydrogen-bond acceptors (Lipinski definition) is 12. The van der Waals surface area contributed by atoms with Gasteiger partial charge in [0.1, 0.15) is 30.3 Å². The number of aliphatic hydroxyl groups is 1. The van der Waals surface area contributed by atoms with Crippen molar-refractivity contribution in [2.75, 3.05) is 21.2 Å². The maximum atomic E-state index is 14.0. The van der Waals surface area contributed by atoms with Gasteiger partial charge in [0.15, 0.2) is 17.7 Å². The molecule has 13 heteroatoms. The summed E-state index contributed by atoms with van der Waals surface area (Å²) in [4.78, 5) is 42.1. The van der Waals surface area contributed by atoms with Crippen molar-refractivity contribution < 1.29 is 47.9 Å². The number of Topliss-reactive ketones (excluding diaryl/α,β-unsaturated/α-hetero) is 1. The molecule has 4 fully saturated rings. The lowest BCUT2D eigenvalue weighted by molar-refractivity contribution is -0.295. The molecule has 0 bridgehead atoms. The highest BCUT2D eigenvalue weighted by Gasteiger charge is 2.66. The lowest BCUT2D eigenvalue weighted by Crippen LogP contribution is -2.60. The Hall–Kier alpha value is -1.87. The van der Waals surface area contributed by atoms with Crippen molar-refractivity contribution >= 4 is 17.8 Å². The number of carbonyl (C=O) groups excluding carboxylic acids is 3. The summed E-state index contributed by atoms with van der Waals surface area (Å²) in [6, 6.07) is -0.953. The molecular weight excluding hydrogens is 562 g/mol. The van der Waals surface area contributed by atoms with E-state index in [-0.39, 0.29) is 24.2 Å². The summed E-state index contributed by atoms with van der Waals surface area (Å²) in [6.07, 6.45) is -4.24. The van der Waals surface area contributed by atoms with Crippen LogP contribution in [0.15, 0.2) is 0 Å². The van der Waals surface area contributed by atoms with Crippen molar-refractivity contribution in [3.05, 3.63) is 0 Å². The Morgan fingerprint density at radius 2 is 1.74 bits per heavy atom. The van der Waals surface area contributed by atoms with Crippen molar-refractivity contribution in [1.82, 2.24) is 9.91 Å². The number of amides is 1. The molecule has 4 saturated heterocycles. The van der Waals surface area contributed by atoms with E-state index in [1.807, 2.05) is 46.7 Å². The van der Waals surface area contributed by atoms with Gasteiger partial charge in [-0.05, 0) is 67.0 Å². The standard InChI is InChI=1S/C30H51N3O10/c1-11-19-30(7)24(33(31)28(37)43-30)23-22(41-23)14(2)13-29(6,38-10)25(16(4)20(34)17(5)26(36)40-19)42-27-21(35)18(32(8)9)12-15(3)39-27/h14-19,21-25,27,35H,11-13,31H2,1-10H3/t14-,15-,16+,17-,18+,19-,21-,22+,23+,24-,25-,27+,29-,30-/m1/s1. The molecule has 1 amide bonds. The highest BCUT2D eigenvalue weighted by atomic mass is 16.7. The van der Waals surface area contributed by atoms with Crippen LogP contribution < -0.4 is 5.84 Å². The second-order valence-electron chi connectivity index (χ2n) is 13.5. The van der Waals surface area contributed by atoms with Crippen LogP contribution >= 0.6 is 0 Å². The van der Waals surface area contributed by atoms with Crippen LogP contribution in [0.1, 0.15) is 67.7 Å². The number of likely N-dealkylation sites (N-methyl/N-ethyl adjacent to an activating group) is 1. The van der Waals surface area contributed by atoms with Gasteiger partial charge >= 0.3 is 12.1 Å². The van der Waals surface area contributed by atoms with Crippen LogP contribution in [-0.4, -0.2) is 120 Å². The van der Waals surface area contributed by atoms with Crippen LogP contribution in [-0.2, 0) is 38.0 Å². The van der Waals surface area contributed by atoms with Crippen molar-refractivity contribution in [2.45, 2.75) is 134 Å². The third-order valence-corrected chi connectivity index (χ3v) is 10.1.